The second-order valence-electron chi connectivity index (χ2n) is 7.20. The maximum atomic E-state index is 12.7. The van der Waals surface area contributed by atoms with Crippen molar-refractivity contribution < 1.29 is 4.79 Å². The van der Waals surface area contributed by atoms with Gasteiger partial charge in [-0.1, -0.05) is 25.0 Å². The summed E-state index contributed by atoms with van der Waals surface area (Å²) in [4.78, 5) is 29.9. The first-order valence-electron chi connectivity index (χ1n) is 8.86. The lowest BCUT2D eigenvalue weighted by molar-refractivity contribution is -0.138. The molecule has 0 spiro atoms. The van der Waals surface area contributed by atoms with Crippen LogP contribution in [-0.2, 0) is 4.79 Å². The highest BCUT2D eigenvalue weighted by Gasteiger charge is 2.40. The SMILES string of the molecule is NC1(C(=O)N2CCC(n3c(=O)[nH]c4ccccc43)CC2)CCCC1. The van der Waals surface area contributed by atoms with Crippen molar-refractivity contribution in [3.8, 4) is 0 Å². The van der Waals surface area contributed by atoms with Crippen molar-refractivity contribution in [1.29, 1.82) is 0 Å². The molecule has 6 nitrogen and oxygen atoms in total. The molecule has 0 bridgehead atoms. The van der Waals surface area contributed by atoms with Crippen molar-refractivity contribution in [2.45, 2.75) is 50.1 Å². The Kier molecular flexibility index (Phi) is 3.72. The highest BCUT2D eigenvalue weighted by atomic mass is 16.2. The fourth-order valence-electron chi connectivity index (χ4n) is 4.30. The molecule has 4 rings (SSSR count). The number of nitrogens with zero attached hydrogens (tertiary/aromatic N) is 2. The van der Waals surface area contributed by atoms with E-state index in [2.05, 4.69) is 4.98 Å². The van der Waals surface area contributed by atoms with Gasteiger partial charge in [-0.25, -0.2) is 4.79 Å². The molecule has 1 aliphatic heterocycles. The Balaban J connectivity index is 1.51. The molecule has 1 amide bonds. The molecule has 1 aliphatic carbocycles. The molecular formula is C18H24N4O2. The average molecular weight is 328 g/mol. The first kappa shape index (κ1) is 15.4. The molecule has 128 valence electrons. The monoisotopic (exact) mass is 328 g/mol. The summed E-state index contributed by atoms with van der Waals surface area (Å²) in [5.74, 6) is 0.102. The van der Waals surface area contributed by atoms with Gasteiger partial charge in [0, 0.05) is 19.1 Å². The smallest absolute Gasteiger partial charge is 0.326 e. The van der Waals surface area contributed by atoms with Crippen LogP contribution in [0.15, 0.2) is 29.1 Å². The van der Waals surface area contributed by atoms with E-state index in [1.807, 2.05) is 33.7 Å². The summed E-state index contributed by atoms with van der Waals surface area (Å²) in [5, 5.41) is 0. The zero-order valence-electron chi connectivity index (χ0n) is 13.8. The molecule has 2 aromatic rings. The lowest BCUT2D eigenvalue weighted by Gasteiger charge is -2.37. The van der Waals surface area contributed by atoms with Crippen LogP contribution in [0.25, 0.3) is 11.0 Å². The number of fused-ring (bicyclic) bond motifs is 1. The van der Waals surface area contributed by atoms with Crippen LogP contribution in [0.5, 0.6) is 0 Å². The number of benzene rings is 1. The van der Waals surface area contributed by atoms with Gasteiger partial charge in [0.1, 0.15) is 0 Å². The molecule has 0 radical (unpaired) electrons. The van der Waals surface area contributed by atoms with Crippen LogP contribution in [0.3, 0.4) is 0 Å². The Morgan fingerprint density at radius 2 is 1.83 bits per heavy atom. The molecule has 0 atom stereocenters. The number of likely N-dealkylation sites (tertiary alicyclic amines) is 1. The third kappa shape index (κ3) is 2.45. The van der Waals surface area contributed by atoms with Gasteiger partial charge in [-0.2, -0.15) is 0 Å². The van der Waals surface area contributed by atoms with E-state index >= 15 is 0 Å². The zero-order chi connectivity index (χ0) is 16.7. The topological polar surface area (TPSA) is 84.1 Å². The van der Waals surface area contributed by atoms with Gasteiger partial charge in [-0.3, -0.25) is 9.36 Å². The molecular weight excluding hydrogens is 304 g/mol. The molecule has 0 unspecified atom stereocenters. The van der Waals surface area contributed by atoms with Gasteiger partial charge in [0.15, 0.2) is 0 Å². The van der Waals surface area contributed by atoms with E-state index in [4.69, 9.17) is 5.73 Å². The Morgan fingerprint density at radius 1 is 1.17 bits per heavy atom. The highest BCUT2D eigenvalue weighted by molar-refractivity contribution is 5.86. The molecule has 2 aliphatic rings. The zero-order valence-corrected chi connectivity index (χ0v) is 13.8. The number of piperidine rings is 1. The van der Waals surface area contributed by atoms with Crippen LogP contribution in [-0.4, -0.2) is 39.0 Å². The third-order valence-corrected chi connectivity index (χ3v) is 5.66. The van der Waals surface area contributed by atoms with Crippen LogP contribution < -0.4 is 11.4 Å². The van der Waals surface area contributed by atoms with E-state index in [-0.39, 0.29) is 17.6 Å². The van der Waals surface area contributed by atoms with Crippen LogP contribution >= 0.6 is 0 Å². The van der Waals surface area contributed by atoms with Gasteiger partial charge < -0.3 is 15.6 Å². The number of aromatic amines is 1. The predicted octanol–water partition coefficient (Wildman–Crippen LogP) is 1.76. The van der Waals surface area contributed by atoms with Crippen LogP contribution in [0, 0.1) is 0 Å². The minimum atomic E-state index is -0.648. The maximum absolute atomic E-state index is 12.7. The Hall–Kier alpha value is -2.08. The molecule has 1 aromatic heterocycles. The van der Waals surface area contributed by atoms with Crippen molar-refractivity contribution in [1.82, 2.24) is 14.5 Å². The number of imidazole rings is 1. The molecule has 1 saturated heterocycles. The number of carbonyl (C=O) groups excluding carboxylic acids is 1. The standard InChI is InChI=1S/C18H24N4O2/c19-18(9-3-4-10-18)16(23)21-11-7-13(8-12-21)22-15-6-2-1-5-14(15)20-17(22)24/h1-2,5-6,13H,3-4,7-12,19H2,(H,20,24). The molecule has 6 heteroatoms. The Labute approximate surface area is 140 Å². The summed E-state index contributed by atoms with van der Waals surface area (Å²) >= 11 is 0. The lowest BCUT2D eigenvalue weighted by atomic mass is 9.95. The van der Waals surface area contributed by atoms with E-state index in [1.165, 1.54) is 0 Å². The number of amides is 1. The van der Waals surface area contributed by atoms with Crippen molar-refractivity contribution in [2.24, 2.45) is 5.73 Å². The second-order valence-corrected chi connectivity index (χ2v) is 7.20. The van der Waals surface area contributed by atoms with Crippen LogP contribution in [0.2, 0.25) is 0 Å². The molecule has 2 fully saturated rings. The number of nitrogens with two attached hydrogens (primary N) is 1. The number of hydrogen-bond acceptors (Lipinski definition) is 3. The first-order chi connectivity index (χ1) is 11.6. The van der Waals surface area contributed by atoms with E-state index in [9.17, 15) is 9.59 Å². The number of aromatic nitrogens is 2. The van der Waals surface area contributed by atoms with E-state index in [1.54, 1.807) is 0 Å². The summed E-state index contributed by atoms with van der Waals surface area (Å²) in [6.45, 7) is 1.35. The summed E-state index contributed by atoms with van der Waals surface area (Å²) in [6.07, 6.45) is 5.28. The van der Waals surface area contributed by atoms with Crippen LogP contribution in [0.4, 0.5) is 0 Å². The van der Waals surface area contributed by atoms with Crippen molar-refractivity contribution in [3.05, 3.63) is 34.7 Å². The summed E-state index contributed by atoms with van der Waals surface area (Å²) in [7, 11) is 0. The van der Waals surface area contributed by atoms with Gasteiger partial charge in [0.25, 0.3) is 0 Å². The van der Waals surface area contributed by atoms with Crippen molar-refractivity contribution >= 4 is 16.9 Å². The molecule has 2 heterocycles. The maximum Gasteiger partial charge on any atom is 0.326 e. The highest BCUT2D eigenvalue weighted by Crippen LogP contribution is 2.31. The van der Waals surface area contributed by atoms with E-state index in [0.717, 1.165) is 49.6 Å². The number of carbonyl (C=O) groups is 1. The largest absolute Gasteiger partial charge is 0.341 e. The van der Waals surface area contributed by atoms with Crippen LogP contribution in [0.1, 0.15) is 44.6 Å². The van der Waals surface area contributed by atoms with Gasteiger partial charge in [0.2, 0.25) is 5.91 Å². The molecule has 1 aromatic carbocycles. The normalized spacial score (nSPS) is 21.5. The number of hydrogen-bond donors (Lipinski definition) is 2. The third-order valence-electron chi connectivity index (χ3n) is 5.66. The molecule has 1 saturated carbocycles. The quantitative estimate of drug-likeness (QED) is 0.881. The van der Waals surface area contributed by atoms with Gasteiger partial charge >= 0.3 is 5.69 Å². The predicted molar refractivity (Wildman–Crippen MR) is 92.8 cm³/mol. The van der Waals surface area contributed by atoms with Gasteiger partial charge in [0.05, 0.1) is 16.6 Å². The fraction of sp³-hybridized carbons (Fsp3) is 0.556. The average Bonchev–Trinajstić information content (AvgIpc) is 3.18. The molecule has 3 N–H and O–H groups in total. The Bertz CT molecular complexity index is 808. The van der Waals surface area contributed by atoms with Crippen molar-refractivity contribution in [2.75, 3.05) is 13.1 Å². The van der Waals surface area contributed by atoms with Crippen molar-refractivity contribution in [3.63, 3.8) is 0 Å². The molecule has 24 heavy (non-hydrogen) atoms. The number of rotatable bonds is 2. The fourth-order valence-corrected chi connectivity index (χ4v) is 4.30. The summed E-state index contributed by atoms with van der Waals surface area (Å²) in [5.41, 5.74) is 7.41. The number of nitrogens with one attached hydrogen (secondary N) is 1. The summed E-state index contributed by atoms with van der Waals surface area (Å²) in [6, 6.07) is 7.90. The summed E-state index contributed by atoms with van der Waals surface area (Å²) < 4.78 is 1.85. The van der Waals surface area contributed by atoms with E-state index < -0.39 is 5.54 Å². The lowest BCUT2D eigenvalue weighted by Crippen LogP contribution is -2.55. The number of para-hydroxylation sites is 2. The minimum Gasteiger partial charge on any atom is -0.341 e. The van der Waals surface area contributed by atoms with Gasteiger partial charge in [-0.05, 0) is 37.8 Å². The Morgan fingerprint density at radius 3 is 2.54 bits per heavy atom. The van der Waals surface area contributed by atoms with Gasteiger partial charge in [-0.15, -0.1) is 0 Å². The second kappa shape index (κ2) is 5.77. The first-order valence-corrected chi connectivity index (χ1v) is 8.86. The van der Waals surface area contributed by atoms with E-state index in [0.29, 0.717) is 13.1 Å². The minimum absolute atomic E-state index is 0.0629. The number of H-pyrrole nitrogens is 1.